The van der Waals surface area contributed by atoms with Gasteiger partial charge in [0.05, 0.1) is 32.0 Å². The fourth-order valence-corrected chi connectivity index (χ4v) is 8.12. The largest absolute Gasteiger partial charge is 0.387 e. The highest BCUT2D eigenvalue weighted by molar-refractivity contribution is 8.44. The number of aliphatic hydroxyl groups excluding tert-OH is 1. The van der Waals surface area contributed by atoms with E-state index in [4.69, 9.17) is 50.8 Å². The van der Waals surface area contributed by atoms with E-state index in [1.165, 1.54) is 29.9 Å². The number of ether oxygens (including phenoxy) is 2. The molecular weight excluding hydrogens is 650 g/mol. The lowest BCUT2D eigenvalue weighted by molar-refractivity contribution is -0.0583. The van der Waals surface area contributed by atoms with Crippen LogP contribution in [0.4, 0.5) is 11.6 Å². The van der Waals surface area contributed by atoms with Crippen molar-refractivity contribution in [2.24, 2.45) is 0 Å². The zero-order chi connectivity index (χ0) is 30.1. The smallest absolute Gasteiger partial charge is 0.386 e. The van der Waals surface area contributed by atoms with Crippen LogP contribution in [-0.4, -0.2) is 92.8 Å². The van der Waals surface area contributed by atoms with Crippen molar-refractivity contribution >= 4 is 71.5 Å². The van der Waals surface area contributed by atoms with E-state index >= 15 is 0 Å². The van der Waals surface area contributed by atoms with Crippen LogP contribution in [0.15, 0.2) is 25.3 Å². The van der Waals surface area contributed by atoms with Gasteiger partial charge in [-0.25, -0.2) is 34.5 Å². The highest BCUT2D eigenvalue weighted by Crippen LogP contribution is 2.58. The molecule has 19 nitrogen and oxygen atoms in total. The molecular formula is C20H24N10O9P2S2. The third-order valence-electron chi connectivity index (χ3n) is 7.18. The number of hydrogen-bond acceptors (Lipinski definition) is 17. The lowest BCUT2D eigenvalue weighted by Gasteiger charge is -2.26. The first-order valence-electron chi connectivity index (χ1n) is 12.7. The number of thiol groups is 1. The molecule has 230 valence electrons. The predicted octanol–water partition coefficient (Wildman–Crippen LogP) is 0.448. The van der Waals surface area contributed by atoms with Gasteiger partial charge in [-0.2, -0.15) is 0 Å². The first-order valence-corrected chi connectivity index (χ1v) is 17.9. The van der Waals surface area contributed by atoms with Crippen LogP contribution in [0, 0.1) is 0 Å². The van der Waals surface area contributed by atoms with Crippen molar-refractivity contribution in [1.29, 1.82) is 0 Å². The van der Waals surface area contributed by atoms with Crippen molar-refractivity contribution in [2.45, 2.75) is 49.4 Å². The van der Waals surface area contributed by atoms with Crippen LogP contribution in [0.3, 0.4) is 0 Å². The zero-order valence-corrected chi connectivity index (χ0v) is 25.2. The van der Waals surface area contributed by atoms with Crippen molar-refractivity contribution in [2.75, 3.05) is 24.7 Å². The Morgan fingerprint density at radius 2 is 1.51 bits per heavy atom. The minimum absolute atomic E-state index is 0.118. The van der Waals surface area contributed by atoms with Crippen LogP contribution in [0.5, 0.6) is 0 Å². The van der Waals surface area contributed by atoms with Gasteiger partial charge in [0, 0.05) is 6.42 Å². The lowest BCUT2D eigenvalue weighted by Crippen LogP contribution is -2.35. The van der Waals surface area contributed by atoms with E-state index in [2.05, 4.69) is 42.2 Å². The summed E-state index contributed by atoms with van der Waals surface area (Å²) < 4.78 is 51.5. The molecule has 23 heteroatoms. The minimum Gasteiger partial charge on any atom is -0.387 e. The standard InChI is InChI=1S/C20H24N10O9P2S2/c21-16-12-18(25-4-23-16)29(6-27-12)11-1-8-9(36-11)2-34-41(33,43)39-15-14(31)10(3-35-40(32,42)38-8)37-20(15)30-7-28-13-17(22)24-5-26-19(13)30/h4-11,14-15,20,31H,1-3H2,(H,32,42)(H,33,43)(H2,21,23,25)(H2,22,24,26)/t8-,9+,10+,11+,14+,15+,20+,40?,41?/m0/s1. The number of anilines is 2. The zero-order valence-electron chi connectivity index (χ0n) is 21.7. The predicted molar refractivity (Wildman–Crippen MR) is 153 cm³/mol. The van der Waals surface area contributed by atoms with Crippen LogP contribution in [0.1, 0.15) is 18.9 Å². The van der Waals surface area contributed by atoms with Gasteiger partial charge < -0.3 is 40.0 Å². The van der Waals surface area contributed by atoms with Gasteiger partial charge in [0.2, 0.25) is 0 Å². The Morgan fingerprint density at radius 3 is 2.21 bits per heavy atom. The number of nitrogen functional groups attached to an aromatic ring is 2. The highest BCUT2D eigenvalue weighted by Gasteiger charge is 2.51. The van der Waals surface area contributed by atoms with Gasteiger partial charge in [-0.3, -0.25) is 18.2 Å². The van der Waals surface area contributed by atoms with E-state index in [9.17, 15) is 14.6 Å². The summed E-state index contributed by atoms with van der Waals surface area (Å²) in [6, 6.07) is 0. The summed E-state index contributed by atoms with van der Waals surface area (Å²) in [6.45, 7) is -8.92. The summed E-state index contributed by atoms with van der Waals surface area (Å²) in [6.07, 6.45) is -2.03. The van der Waals surface area contributed by atoms with E-state index < -0.39 is 63.1 Å². The summed E-state index contributed by atoms with van der Waals surface area (Å²) in [5, 5.41) is 11.1. The van der Waals surface area contributed by atoms with Gasteiger partial charge in [0.1, 0.15) is 54.3 Å². The first kappa shape index (κ1) is 29.3. The molecule has 3 fully saturated rings. The second kappa shape index (κ2) is 10.9. The number of fused-ring (bicyclic) bond motifs is 5. The van der Waals surface area contributed by atoms with E-state index in [0.717, 1.165) is 0 Å². The second-order valence-corrected chi connectivity index (χ2v) is 15.5. The van der Waals surface area contributed by atoms with Gasteiger partial charge in [0.15, 0.2) is 29.2 Å². The van der Waals surface area contributed by atoms with Crippen LogP contribution in [-0.2, 0) is 43.9 Å². The maximum absolute atomic E-state index is 13.5. The molecule has 0 spiro atoms. The molecule has 3 aliphatic heterocycles. The summed E-state index contributed by atoms with van der Waals surface area (Å²) in [7, 11) is 0. The molecule has 4 aromatic rings. The molecule has 0 aliphatic carbocycles. The summed E-state index contributed by atoms with van der Waals surface area (Å²) in [5.74, 6) is 0.306. The number of imidazole rings is 2. The summed E-state index contributed by atoms with van der Waals surface area (Å²) >= 11 is 9.43. The fourth-order valence-electron chi connectivity index (χ4n) is 5.18. The average molecular weight is 675 g/mol. The van der Waals surface area contributed by atoms with Crippen LogP contribution in [0.2, 0.25) is 0 Å². The monoisotopic (exact) mass is 674 g/mol. The number of hydrogen-bond donors (Lipinski definition) is 5. The molecule has 43 heavy (non-hydrogen) atoms. The van der Waals surface area contributed by atoms with Gasteiger partial charge in [0.25, 0.3) is 0 Å². The van der Waals surface area contributed by atoms with E-state index in [1.807, 2.05) is 0 Å². The summed E-state index contributed by atoms with van der Waals surface area (Å²) in [5.41, 5.74) is 13.1. The second-order valence-electron chi connectivity index (χ2n) is 9.83. The SMILES string of the molecule is Nc1ncnc2c1ncn2[C@@H]1O[C@@H]2COP(O)(=S)O[C@H]3C[C@H](n4cnc5c(N)ncnc54)O[C@@H]3COP(=O)(S)O[C@@H]1[C@@H]2O. The van der Waals surface area contributed by atoms with Gasteiger partial charge in [-0.1, -0.05) is 12.2 Å². The minimum atomic E-state index is -4.20. The van der Waals surface area contributed by atoms with E-state index in [-0.39, 0.29) is 35.8 Å². The molecule has 0 radical (unpaired) electrons. The molecule has 4 aromatic heterocycles. The molecule has 7 heterocycles. The van der Waals surface area contributed by atoms with Gasteiger partial charge in [-0.15, -0.1) is 0 Å². The molecule has 0 amide bonds. The number of aliphatic hydroxyl groups is 1. The van der Waals surface area contributed by atoms with E-state index in [1.54, 1.807) is 4.57 Å². The molecule has 3 aliphatic rings. The Balaban J connectivity index is 1.18. The van der Waals surface area contributed by atoms with Crippen LogP contribution >= 0.6 is 25.8 Å². The molecule has 0 saturated carbocycles. The summed E-state index contributed by atoms with van der Waals surface area (Å²) in [4.78, 5) is 35.7. The highest BCUT2D eigenvalue weighted by atomic mass is 32.7. The van der Waals surface area contributed by atoms with Crippen molar-refractivity contribution in [3.63, 3.8) is 0 Å². The molecule has 2 bridgehead atoms. The Labute approximate surface area is 251 Å². The Hall–Kier alpha value is -2.39. The average Bonchev–Trinajstić information content (AvgIpc) is 3.72. The molecule has 9 atom stereocenters. The lowest BCUT2D eigenvalue weighted by atomic mass is 10.1. The van der Waals surface area contributed by atoms with Crippen molar-refractivity contribution < 1.29 is 42.1 Å². The van der Waals surface area contributed by atoms with Gasteiger partial charge in [-0.05, 0) is 11.8 Å². The number of nitrogens with zero attached hydrogens (tertiary/aromatic N) is 8. The van der Waals surface area contributed by atoms with Gasteiger partial charge >= 0.3 is 13.5 Å². The van der Waals surface area contributed by atoms with Crippen LogP contribution in [0.25, 0.3) is 22.3 Å². The van der Waals surface area contributed by atoms with Crippen molar-refractivity contribution in [3.8, 4) is 0 Å². The van der Waals surface area contributed by atoms with E-state index in [0.29, 0.717) is 11.2 Å². The third-order valence-corrected chi connectivity index (χ3v) is 10.4. The number of aromatic nitrogens is 8. The topological polar surface area (TPSA) is 252 Å². The number of rotatable bonds is 2. The maximum Gasteiger partial charge on any atom is 0.386 e. The maximum atomic E-state index is 13.5. The Kier molecular flexibility index (Phi) is 7.43. The third kappa shape index (κ3) is 5.43. The molecule has 3 saturated heterocycles. The molecule has 6 N–H and O–H groups in total. The molecule has 2 unspecified atom stereocenters. The Morgan fingerprint density at radius 1 is 0.884 bits per heavy atom. The first-order chi connectivity index (χ1) is 20.5. The Bertz CT molecular complexity index is 1800. The van der Waals surface area contributed by atoms with Crippen LogP contribution < -0.4 is 11.5 Å². The normalized spacial score (nSPS) is 37.1. The quantitative estimate of drug-likeness (QED) is 0.143. The number of nitrogens with two attached hydrogens (primary N) is 2. The van der Waals surface area contributed by atoms with Crippen molar-refractivity contribution in [1.82, 2.24) is 39.0 Å². The molecule has 0 aromatic carbocycles. The molecule has 7 rings (SSSR count). The fraction of sp³-hybridized carbons (Fsp3) is 0.500. The van der Waals surface area contributed by atoms with Crippen molar-refractivity contribution in [3.05, 3.63) is 25.3 Å².